The zero-order valence-corrected chi connectivity index (χ0v) is 19.2. The molecule has 0 spiro atoms. The first-order chi connectivity index (χ1) is 14.3. The lowest BCUT2D eigenvalue weighted by Gasteiger charge is -2.34. The Morgan fingerprint density at radius 1 is 1.20 bits per heavy atom. The first-order valence-corrected chi connectivity index (χ1v) is 12.9. The molecule has 4 rings (SSSR count). The lowest BCUT2D eigenvalue weighted by molar-refractivity contribution is 0.101. The van der Waals surface area contributed by atoms with E-state index in [9.17, 15) is 13.2 Å². The van der Waals surface area contributed by atoms with Crippen molar-refractivity contribution in [2.24, 2.45) is 11.8 Å². The van der Waals surface area contributed by atoms with Gasteiger partial charge in [-0.1, -0.05) is 26.0 Å². The number of carbonyl (C=O) groups excluding carboxylic acids is 1. The summed E-state index contributed by atoms with van der Waals surface area (Å²) in [6.45, 7) is 5.33. The number of hydrogen-bond donors (Lipinski definition) is 1. The molecule has 1 aromatic carbocycles. The minimum absolute atomic E-state index is 0.105. The van der Waals surface area contributed by atoms with Gasteiger partial charge in [-0.05, 0) is 56.1 Å². The molecule has 1 aromatic heterocycles. The summed E-state index contributed by atoms with van der Waals surface area (Å²) in [6.07, 6.45) is 5.48. The van der Waals surface area contributed by atoms with Crippen molar-refractivity contribution in [2.75, 3.05) is 25.0 Å². The molecule has 2 unspecified atom stereocenters. The van der Waals surface area contributed by atoms with Gasteiger partial charge in [0.05, 0.1) is 17.1 Å². The van der Waals surface area contributed by atoms with Crippen LogP contribution in [0, 0.1) is 11.8 Å². The largest absolute Gasteiger partial charge is 0.354 e. The Morgan fingerprint density at radius 3 is 2.67 bits per heavy atom. The molecule has 0 amide bonds. The zero-order valence-electron chi connectivity index (χ0n) is 17.6. The zero-order chi connectivity index (χ0) is 21.3. The normalized spacial score (nSPS) is 22.5. The third-order valence-corrected chi connectivity index (χ3v) is 8.82. The summed E-state index contributed by atoms with van der Waals surface area (Å²) in [5, 5.41) is 3.90. The average Bonchev–Trinajstić information content (AvgIpc) is 3.14. The molecule has 2 heterocycles. The maximum Gasteiger partial charge on any atom is 0.243 e. The number of ketones is 1. The highest BCUT2D eigenvalue weighted by Crippen LogP contribution is 2.30. The smallest absolute Gasteiger partial charge is 0.243 e. The van der Waals surface area contributed by atoms with E-state index in [1.165, 1.54) is 23.8 Å². The summed E-state index contributed by atoms with van der Waals surface area (Å²) in [4.78, 5) is 18.8. The molecule has 0 radical (unpaired) electrons. The summed E-state index contributed by atoms with van der Waals surface area (Å²) in [6, 6.07) is 6.42. The molecule has 1 fully saturated rings. The molecule has 1 aliphatic carbocycles. The van der Waals surface area contributed by atoms with Crippen LogP contribution in [0.2, 0.25) is 0 Å². The molecular formula is C22H29N3O3S2. The van der Waals surface area contributed by atoms with Gasteiger partial charge in [0.25, 0.3) is 0 Å². The van der Waals surface area contributed by atoms with Gasteiger partial charge in [-0.15, -0.1) is 11.3 Å². The molecule has 2 aromatic rings. The van der Waals surface area contributed by atoms with Gasteiger partial charge < -0.3 is 5.32 Å². The first kappa shape index (κ1) is 21.5. The summed E-state index contributed by atoms with van der Waals surface area (Å²) in [5.41, 5.74) is 1.56. The highest BCUT2D eigenvalue weighted by atomic mass is 32.2. The minimum Gasteiger partial charge on any atom is -0.354 e. The molecule has 6 nitrogen and oxygen atoms in total. The number of thiazole rings is 1. The highest BCUT2D eigenvalue weighted by molar-refractivity contribution is 7.89. The van der Waals surface area contributed by atoms with Crippen LogP contribution in [0.25, 0.3) is 0 Å². The van der Waals surface area contributed by atoms with E-state index in [0.717, 1.165) is 30.1 Å². The lowest BCUT2D eigenvalue weighted by atomic mass is 9.94. The third-order valence-electron chi connectivity index (χ3n) is 5.87. The number of carbonyl (C=O) groups is 1. The van der Waals surface area contributed by atoms with Gasteiger partial charge in [-0.3, -0.25) is 4.79 Å². The van der Waals surface area contributed by atoms with Gasteiger partial charge in [0, 0.05) is 23.5 Å². The number of hydrogen-bond acceptors (Lipinski definition) is 6. The van der Waals surface area contributed by atoms with Crippen molar-refractivity contribution in [1.82, 2.24) is 9.29 Å². The number of piperidine rings is 1. The Balaban J connectivity index is 1.45. The molecule has 0 bridgehead atoms. The van der Waals surface area contributed by atoms with Gasteiger partial charge in [-0.2, -0.15) is 4.31 Å². The van der Waals surface area contributed by atoms with Crippen LogP contribution in [0.15, 0.2) is 29.2 Å². The van der Waals surface area contributed by atoms with E-state index in [-0.39, 0.29) is 17.2 Å². The minimum atomic E-state index is -3.60. The molecule has 162 valence electrons. The summed E-state index contributed by atoms with van der Waals surface area (Å²) < 4.78 is 27.8. The van der Waals surface area contributed by atoms with Crippen LogP contribution in [0.3, 0.4) is 0 Å². The second-order valence-corrected chi connectivity index (χ2v) is 11.7. The maximum atomic E-state index is 13.1. The molecule has 1 saturated heterocycles. The molecule has 1 N–H and O–H groups in total. The van der Waals surface area contributed by atoms with Crippen molar-refractivity contribution in [3.8, 4) is 0 Å². The monoisotopic (exact) mass is 447 g/mol. The van der Waals surface area contributed by atoms with Gasteiger partial charge >= 0.3 is 0 Å². The van der Waals surface area contributed by atoms with E-state index in [4.69, 9.17) is 0 Å². The van der Waals surface area contributed by atoms with Crippen molar-refractivity contribution in [3.05, 3.63) is 40.4 Å². The number of Topliss-reactive ketones (excluding diaryl/α,β-unsaturated/α-hetero) is 1. The topological polar surface area (TPSA) is 79.4 Å². The SMILES string of the molecule is CC1CC(C)CN(S(=O)(=O)c2cccc(C(=O)CNc3nc4c(s3)CCCC4)c2)C1. The Bertz CT molecular complexity index is 998. The quantitative estimate of drug-likeness (QED) is 0.678. The van der Waals surface area contributed by atoms with Crippen LogP contribution in [-0.4, -0.2) is 43.1 Å². The Hall–Kier alpha value is -1.77. The number of aryl methyl sites for hydroxylation is 2. The Morgan fingerprint density at radius 2 is 1.93 bits per heavy atom. The fourth-order valence-electron chi connectivity index (χ4n) is 4.47. The van der Waals surface area contributed by atoms with Gasteiger partial charge in [0.2, 0.25) is 10.0 Å². The molecule has 8 heteroatoms. The summed E-state index contributed by atoms with van der Waals surface area (Å²) in [7, 11) is -3.60. The number of nitrogens with zero attached hydrogens (tertiary/aromatic N) is 2. The molecular weight excluding hydrogens is 418 g/mol. The molecule has 0 saturated carbocycles. The fraction of sp³-hybridized carbons (Fsp3) is 0.545. The van der Waals surface area contributed by atoms with E-state index in [1.54, 1.807) is 33.8 Å². The van der Waals surface area contributed by atoms with Gasteiger partial charge in [-0.25, -0.2) is 13.4 Å². The number of aromatic nitrogens is 1. The lowest BCUT2D eigenvalue weighted by Crippen LogP contribution is -2.42. The van der Waals surface area contributed by atoms with Crippen molar-refractivity contribution < 1.29 is 13.2 Å². The predicted octanol–water partition coefficient (Wildman–Crippen LogP) is 3.98. The first-order valence-electron chi connectivity index (χ1n) is 10.7. The number of rotatable bonds is 6. The van der Waals surface area contributed by atoms with Crippen molar-refractivity contribution in [3.63, 3.8) is 0 Å². The Kier molecular flexibility index (Phi) is 6.27. The molecule has 1 aliphatic heterocycles. The van der Waals surface area contributed by atoms with Gasteiger partial charge in [0.1, 0.15) is 0 Å². The van der Waals surface area contributed by atoms with Crippen molar-refractivity contribution >= 4 is 32.3 Å². The molecule has 30 heavy (non-hydrogen) atoms. The fourth-order valence-corrected chi connectivity index (χ4v) is 7.24. The van der Waals surface area contributed by atoms with Crippen molar-refractivity contribution in [1.29, 1.82) is 0 Å². The van der Waals surface area contributed by atoms with Crippen LogP contribution in [0.5, 0.6) is 0 Å². The van der Waals surface area contributed by atoms with Crippen LogP contribution >= 0.6 is 11.3 Å². The summed E-state index contributed by atoms with van der Waals surface area (Å²) in [5.74, 6) is 0.531. The van der Waals surface area contributed by atoms with Crippen LogP contribution < -0.4 is 5.32 Å². The average molecular weight is 448 g/mol. The van der Waals surface area contributed by atoms with Gasteiger partial charge in [0.15, 0.2) is 10.9 Å². The standard InChI is InChI=1S/C22H29N3O3S2/c1-15-10-16(2)14-25(13-15)30(27,28)18-7-5-6-17(11-18)20(26)12-23-22-24-19-8-3-4-9-21(19)29-22/h5-7,11,15-16H,3-4,8-10,12-14H2,1-2H3,(H,23,24). The number of fused-ring (bicyclic) bond motifs is 1. The van der Waals surface area contributed by atoms with E-state index >= 15 is 0 Å². The van der Waals surface area contributed by atoms with E-state index in [0.29, 0.717) is 30.5 Å². The van der Waals surface area contributed by atoms with Crippen LogP contribution in [0.1, 0.15) is 54.0 Å². The number of nitrogens with one attached hydrogen (secondary N) is 1. The second kappa shape index (κ2) is 8.77. The molecule has 2 atom stereocenters. The van der Waals surface area contributed by atoms with E-state index in [1.807, 2.05) is 0 Å². The van der Waals surface area contributed by atoms with E-state index < -0.39 is 10.0 Å². The Labute approximate surface area is 182 Å². The van der Waals surface area contributed by atoms with Crippen LogP contribution in [-0.2, 0) is 22.9 Å². The molecule has 2 aliphatic rings. The van der Waals surface area contributed by atoms with E-state index in [2.05, 4.69) is 24.1 Å². The summed E-state index contributed by atoms with van der Waals surface area (Å²) >= 11 is 1.62. The highest BCUT2D eigenvalue weighted by Gasteiger charge is 2.32. The van der Waals surface area contributed by atoms with Crippen LogP contribution in [0.4, 0.5) is 5.13 Å². The predicted molar refractivity (Wildman–Crippen MR) is 120 cm³/mol. The second-order valence-electron chi connectivity index (χ2n) is 8.67. The van der Waals surface area contributed by atoms with Crippen molar-refractivity contribution in [2.45, 2.75) is 50.8 Å². The maximum absolute atomic E-state index is 13.1. The number of anilines is 1. The number of sulfonamides is 1. The third kappa shape index (κ3) is 4.60. The number of benzene rings is 1.